The molecule has 2 bridgehead atoms. The van der Waals surface area contributed by atoms with Crippen LogP contribution in [-0.2, 0) is 15.9 Å². The number of hydrogen-bond acceptors (Lipinski definition) is 4. The SMILES string of the molecule is CCO[C@H]1OC[C@]23CCC[C@@]1(C)C2CC[C@]1(C)C3CC[C@]2(C)Oc3ccc(O)cc3CC12. The van der Waals surface area contributed by atoms with E-state index in [9.17, 15) is 5.11 Å². The van der Waals surface area contributed by atoms with E-state index in [-0.39, 0.29) is 28.1 Å². The summed E-state index contributed by atoms with van der Waals surface area (Å²) in [6, 6.07) is 5.66. The molecule has 1 saturated heterocycles. The first-order valence-electron chi connectivity index (χ1n) is 13.0. The second kappa shape index (κ2) is 6.88. The second-order valence-corrected chi connectivity index (χ2v) is 12.3. The lowest BCUT2D eigenvalue weighted by Crippen LogP contribution is -2.70. The molecule has 5 aliphatic rings. The van der Waals surface area contributed by atoms with Crippen LogP contribution in [0.2, 0.25) is 0 Å². The number of ether oxygens (including phenoxy) is 3. The first kappa shape index (κ1) is 21.3. The topological polar surface area (TPSA) is 47.9 Å². The molecule has 6 rings (SSSR count). The van der Waals surface area contributed by atoms with Crippen LogP contribution in [-0.4, -0.2) is 30.2 Å². The lowest BCUT2D eigenvalue weighted by atomic mass is 9.36. The molecule has 3 saturated carbocycles. The quantitative estimate of drug-likeness (QED) is 0.604. The Bertz CT molecular complexity index is 915. The molecule has 4 nitrogen and oxygen atoms in total. The van der Waals surface area contributed by atoms with E-state index >= 15 is 0 Å². The van der Waals surface area contributed by atoms with Crippen molar-refractivity contribution in [3.8, 4) is 11.5 Å². The largest absolute Gasteiger partial charge is 0.508 e. The highest BCUT2D eigenvalue weighted by Crippen LogP contribution is 2.73. The van der Waals surface area contributed by atoms with Crippen molar-refractivity contribution in [3.05, 3.63) is 23.8 Å². The van der Waals surface area contributed by atoms with Gasteiger partial charge in [-0.05, 0) is 99.8 Å². The first-order valence-corrected chi connectivity index (χ1v) is 13.0. The van der Waals surface area contributed by atoms with Gasteiger partial charge in [-0.1, -0.05) is 20.3 Å². The van der Waals surface area contributed by atoms with Crippen LogP contribution in [0, 0.1) is 34.0 Å². The van der Waals surface area contributed by atoms with Gasteiger partial charge in [-0.25, -0.2) is 0 Å². The Hall–Kier alpha value is -1.26. The molecule has 32 heavy (non-hydrogen) atoms. The number of aromatic hydroxyl groups is 1. The van der Waals surface area contributed by atoms with Gasteiger partial charge < -0.3 is 19.3 Å². The highest BCUT2D eigenvalue weighted by atomic mass is 16.7. The molecule has 4 fully saturated rings. The highest BCUT2D eigenvalue weighted by molar-refractivity contribution is 5.43. The van der Waals surface area contributed by atoms with Gasteiger partial charge in [-0.2, -0.15) is 0 Å². The third kappa shape index (κ3) is 2.63. The standard InChI is InChI=1S/C28H40O4/c1-5-30-24-26(3)11-6-12-28(17-31-24)21-10-14-27(4)23(25(21,2)13-9-22(26)28)16-18-15-19(29)7-8-20(18)32-27/h7-8,15,21-24,29H,5-6,9-14,16-17H2,1-4H3/t21?,22?,23?,24-,25+,26-,27-,28-/m0/s1. The van der Waals surface area contributed by atoms with Crippen molar-refractivity contribution < 1.29 is 19.3 Å². The van der Waals surface area contributed by atoms with Gasteiger partial charge in [0.05, 0.1) is 6.61 Å². The molecule has 1 aromatic rings. The minimum atomic E-state index is -0.125. The maximum atomic E-state index is 10.1. The summed E-state index contributed by atoms with van der Waals surface area (Å²) in [6.07, 6.45) is 9.65. The smallest absolute Gasteiger partial charge is 0.163 e. The van der Waals surface area contributed by atoms with Gasteiger partial charge in [-0.3, -0.25) is 0 Å². The zero-order valence-electron chi connectivity index (χ0n) is 20.3. The maximum Gasteiger partial charge on any atom is 0.163 e. The predicted octanol–water partition coefficient (Wildman–Crippen LogP) is 6.10. The molecule has 4 heteroatoms. The molecule has 0 radical (unpaired) electrons. The molecule has 0 amide bonds. The minimum absolute atomic E-state index is 0.0444. The fraction of sp³-hybridized carbons (Fsp3) is 0.786. The summed E-state index contributed by atoms with van der Waals surface area (Å²) in [4.78, 5) is 0. The Morgan fingerprint density at radius 3 is 2.59 bits per heavy atom. The van der Waals surface area contributed by atoms with Gasteiger partial charge in [0, 0.05) is 23.4 Å². The van der Waals surface area contributed by atoms with Crippen LogP contribution in [0.3, 0.4) is 0 Å². The Balaban J connectivity index is 1.39. The molecule has 0 aromatic heterocycles. The van der Waals surface area contributed by atoms with E-state index < -0.39 is 0 Å². The monoisotopic (exact) mass is 440 g/mol. The Kier molecular flexibility index (Phi) is 4.58. The number of fused-ring (bicyclic) bond motifs is 4. The molecule has 176 valence electrons. The van der Waals surface area contributed by atoms with Gasteiger partial charge in [0.1, 0.15) is 17.1 Å². The van der Waals surface area contributed by atoms with Crippen LogP contribution in [0.5, 0.6) is 11.5 Å². The van der Waals surface area contributed by atoms with Gasteiger partial charge in [-0.15, -0.1) is 0 Å². The van der Waals surface area contributed by atoms with Crippen LogP contribution in [0.1, 0.15) is 78.2 Å². The maximum absolute atomic E-state index is 10.1. The van der Waals surface area contributed by atoms with E-state index in [1.54, 1.807) is 6.07 Å². The van der Waals surface area contributed by atoms with Gasteiger partial charge >= 0.3 is 0 Å². The summed E-state index contributed by atoms with van der Waals surface area (Å²) in [5, 5.41) is 10.1. The van der Waals surface area contributed by atoms with Crippen LogP contribution < -0.4 is 4.74 Å². The van der Waals surface area contributed by atoms with Crippen LogP contribution in [0.15, 0.2) is 18.2 Å². The van der Waals surface area contributed by atoms with Crippen LogP contribution in [0.4, 0.5) is 0 Å². The zero-order chi connectivity index (χ0) is 22.4. The molecule has 2 heterocycles. The molecule has 8 atom stereocenters. The second-order valence-electron chi connectivity index (χ2n) is 12.3. The number of phenolic OH excluding ortho intramolecular Hbond substituents is 1. The highest BCUT2D eigenvalue weighted by Gasteiger charge is 2.70. The zero-order valence-corrected chi connectivity index (χ0v) is 20.3. The Morgan fingerprint density at radius 2 is 1.78 bits per heavy atom. The normalized spacial score (nSPS) is 49.1. The fourth-order valence-electron chi connectivity index (χ4n) is 9.69. The van der Waals surface area contributed by atoms with Crippen molar-refractivity contribution in [2.45, 2.75) is 91.0 Å². The lowest BCUT2D eigenvalue weighted by Gasteiger charge is -2.71. The van der Waals surface area contributed by atoms with Crippen LogP contribution >= 0.6 is 0 Å². The molecular weight excluding hydrogens is 400 g/mol. The van der Waals surface area contributed by atoms with Crippen molar-refractivity contribution in [1.29, 1.82) is 0 Å². The summed E-state index contributed by atoms with van der Waals surface area (Å²) in [5.41, 5.74) is 1.69. The summed E-state index contributed by atoms with van der Waals surface area (Å²) in [7, 11) is 0. The molecule has 2 aliphatic heterocycles. The Labute approximate surface area is 193 Å². The van der Waals surface area contributed by atoms with Crippen molar-refractivity contribution in [2.75, 3.05) is 13.2 Å². The summed E-state index contributed by atoms with van der Waals surface area (Å²) in [6.45, 7) is 11.1. The summed E-state index contributed by atoms with van der Waals surface area (Å²) in [5.74, 6) is 3.15. The van der Waals surface area contributed by atoms with E-state index in [2.05, 4.69) is 27.7 Å². The molecule has 3 unspecified atom stereocenters. The van der Waals surface area contributed by atoms with E-state index in [4.69, 9.17) is 14.2 Å². The predicted molar refractivity (Wildman–Crippen MR) is 124 cm³/mol. The average Bonchev–Trinajstić information content (AvgIpc) is 2.74. The third-order valence-electron chi connectivity index (χ3n) is 10.9. The first-order chi connectivity index (χ1) is 15.3. The number of hydrogen-bond donors (Lipinski definition) is 1. The van der Waals surface area contributed by atoms with Gasteiger partial charge in [0.2, 0.25) is 0 Å². The van der Waals surface area contributed by atoms with Gasteiger partial charge in [0.15, 0.2) is 6.29 Å². The third-order valence-corrected chi connectivity index (χ3v) is 10.9. The minimum Gasteiger partial charge on any atom is -0.508 e. The van der Waals surface area contributed by atoms with Crippen LogP contribution in [0.25, 0.3) is 0 Å². The number of phenols is 1. The van der Waals surface area contributed by atoms with E-state index in [1.165, 1.54) is 44.1 Å². The lowest BCUT2D eigenvalue weighted by molar-refractivity contribution is -0.337. The van der Waals surface area contributed by atoms with Crippen molar-refractivity contribution in [1.82, 2.24) is 0 Å². The number of rotatable bonds is 2. The average molecular weight is 441 g/mol. The van der Waals surface area contributed by atoms with E-state index in [1.807, 2.05) is 12.1 Å². The molecule has 1 N–H and O–H groups in total. The fourth-order valence-corrected chi connectivity index (χ4v) is 9.69. The molecule has 0 spiro atoms. The van der Waals surface area contributed by atoms with Crippen molar-refractivity contribution in [3.63, 3.8) is 0 Å². The van der Waals surface area contributed by atoms with E-state index in [0.717, 1.165) is 31.8 Å². The summed E-state index contributed by atoms with van der Waals surface area (Å²) < 4.78 is 19.5. The molecule has 3 aliphatic carbocycles. The molecular formula is C28H40O4. The number of benzene rings is 1. The molecule has 1 aromatic carbocycles. The van der Waals surface area contributed by atoms with Crippen molar-refractivity contribution in [2.24, 2.45) is 34.0 Å². The van der Waals surface area contributed by atoms with Gasteiger partial charge in [0.25, 0.3) is 0 Å². The summed E-state index contributed by atoms with van der Waals surface area (Å²) >= 11 is 0. The Morgan fingerprint density at radius 1 is 1.00 bits per heavy atom. The van der Waals surface area contributed by atoms with Crippen molar-refractivity contribution >= 4 is 0 Å². The van der Waals surface area contributed by atoms with E-state index in [0.29, 0.717) is 23.5 Å².